The summed E-state index contributed by atoms with van der Waals surface area (Å²) in [7, 11) is 0. The molecule has 1 aromatic heterocycles. The van der Waals surface area contributed by atoms with Crippen LogP contribution in [-0.4, -0.2) is 15.5 Å². The van der Waals surface area contributed by atoms with Crippen molar-refractivity contribution >= 4 is 11.6 Å². The highest BCUT2D eigenvalue weighted by Gasteiger charge is 2.10. The van der Waals surface area contributed by atoms with Crippen LogP contribution in [0.3, 0.4) is 0 Å². The van der Waals surface area contributed by atoms with E-state index in [1.165, 1.54) is 13.3 Å². The minimum Gasteiger partial charge on any atom is -0.326 e. The number of nitrogens with zero attached hydrogens (tertiary/aromatic N) is 4. The molecule has 1 N–H and O–H groups in total. The Labute approximate surface area is 115 Å². The van der Waals surface area contributed by atoms with E-state index in [1.54, 1.807) is 10.6 Å². The van der Waals surface area contributed by atoms with Crippen LogP contribution >= 0.6 is 0 Å². The Morgan fingerprint density at radius 3 is 2.85 bits per heavy atom. The third kappa shape index (κ3) is 2.82. The Hall–Kier alpha value is -3.12. The minimum absolute atomic E-state index is 0.116. The van der Waals surface area contributed by atoms with Crippen molar-refractivity contribution in [2.24, 2.45) is 0 Å². The van der Waals surface area contributed by atoms with Gasteiger partial charge in [0.15, 0.2) is 11.4 Å². The van der Waals surface area contributed by atoms with Gasteiger partial charge in [0.05, 0.1) is 6.33 Å². The first-order valence-electron chi connectivity index (χ1n) is 5.86. The quantitative estimate of drug-likeness (QED) is 0.912. The van der Waals surface area contributed by atoms with Crippen LogP contribution in [0.4, 0.5) is 5.69 Å². The summed E-state index contributed by atoms with van der Waals surface area (Å²) in [6.07, 6.45) is 1.46. The highest BCUT2D eigenvalue weighted by atomic mass is 16.1. The highest BCUT2D eigenvalue weighted by molar-refractivity contribution is 5.88. The maximum Gasteiger partial charge on any atom is 0.221 e. The number of nitrogens with one attached hydrogen (secondary N) is 1. The molecular formula is C14H11N5O. The normalized spacial score (nSPS) is 9.55. The van der Waals surface area contributed by atoms with Gasteiger partial charge >= 0.3 is 0 Å². The van der Waals surface area contributed by atoms with Crippen LogP contribution in [0.2, 0.25) is 0 Å². The summed E-state index contributed by atoms with van der Waals surface area (Å²) >= 11 is 0. The number of hydrogen-bond donors (Lipinski definition) is 1. The van der Waals surface area contributed by atoms with Crippen molar-refractivity contribution in [3.8, 4) is 12.1 Å². The van der Waals surface area contributed by atoms with Gasteiger partial charge in [0.2, 0.25) is 5.91 Å². The van der Waals surface area contributed by atoms with Crippen LogP contribution in [0.1, 0.15) is 23.9 Å². The van der Waals surface area contributed by atoms with Gasteiger partial charge in [0.1, 0.15) is 12.1 Å². The van der Waals surface area contributed by atoms with E-state index in [2.05, 4.69) is 10.3 Å². The van der Waals surface area contributed by atoms with Crippen LogP contribution in [0.25, 0.3) is 0 Å². The number of carbonyl (C=O) groups is 1. The predicted octanol–water partition coefficient (Wildman–Crippen LogP) is 1.63. The van der Waals surface area contributed by atoms with Crippen molar-refractivity contribution < 1.29 is 4.79 Å². The lowest BCUT2D eigenvalue weighted by Crippen LogP contribution is -2.07. The van der Waals surface area contributed by atoms with Gasteiger partial charge in [-0.25, -0.2) is 4.98 Å². The topological polar surface area (TPSA) is 94.5 Å². The van der Waals surface area contributed by atoms with Gasteiger partial charge in [0, 0.05) is 19.2 Å². The molecule has 0 aliphatic heterocycles. The van der Waals surface area contributed by atoms with Crippen molar-refractivity contribution in [1.82, 2.24) is 9.55 Å². The van der Waals surface area contributed by atoms with E-state index >= 15 is 0 Å². The SMILES string of the molecule is CC(=O)Nc1cccc(Cn2cnc(C#N)c2C#N)c1. The summed E-state index contributed by atoms with van der Waals surface area (Å²) in [5.74, 6) is -0.144. The fourth-order valence-electron chi connectivity index (χ4n) is 1.85. The monoisotopic (exact) mass is 265 g/mol. The number of anilines is 1. The summed E-state index contributed by atoms with van der Waals surface area (Å²) in [5, 5.41) is 20.6. The zero-order valence-electron chi connectivity index (χ0n) is 10.8. The Bertz CT molecular complexity index is 733. The molecule has 1 amide bonds. The van der Waals surface area contributed by atoms with Crippen molar-refractivity contribution in [1.29, 1.82) is 10.5 Å². The third-order valence-electron chi connectivity index (χ3n) is 2.65. The Balaban J connectivity index is 2.27. The number of rotatable bonds is 3. The number of hydrogen-bond acceptors (Lipinski definition) is 4. The van der Waals surface area contributed by atoms with Crippen molar-refractivity contribution in [2.75, 3.05) is 5.32 Å². The van der Waals surface area contributed by atoms with Gasteiger partial charge in [-0.2, -0.15) is 10.5 Å². The van der Waals surface area contributed by atoms with Crippen molar-refractivity contribution in [2.45, 2.75) is 13.5 Å². The second-order valence-electron chi connectivity index (χ2n) is 4.17. The molecule has 0 saturated carbocycles. The second-order valence-corrected chi connectivity index (χ2v) is 4.17. The molecule has 2 rings (SSSR count). The molecule has 0 radical (unpaired) electrons. The summed E-state index contributed by atoms with van der Waals surface area (Å²) < 4.78 is 1.60. The summed E-state index contributed by atoms with van der Waals surface area (Å²) in [6, 6.07) is 11.1. The summed E-state index contributed by atoms with van der Waals surface area (Å²) in [4.78, 5) is 14.9. The molecule has 1 aromatic carbocycles. The molecule has 2 aromatic rings. The van der Waals surface area contributed by atoms with E-state index in [1.807, 2.05) is 30.3 Å². The molecule has 0 fully saturated rings. The lowest BCUT2D eigenvalue weighted by molar-refractivity contribution is -0.114. The van der Waals surface area contributed by atoms with Gasteiger partial charge in [-0.1, -0.05) is 12.1 Å². The maximum atomic E-state index is 11.0. The fraction of sp³-hybridized carbons (Fsp3) is 0.143. The lowest BCUT2D eigenvalue weighted by atomic mass is 10.2. The van der Waals surface area contributed by atoms with E-state index in [9.17, 15) is 4.79 Å². The fourth-order valence-corrected chi connectivity index (χ4v) is 1.85. The van der Waals surface area contributed by atoms with E-state index in [-0.39, 0.29) is 17.3 Å². The van der Waals surface area contributed by atoms with Gasteiger partial charge in [-0.05, 0) is 17.7 Å². The number of imidazole rings is 1. The number of aromatic nitrogens is 2. The minimum atomic E-state index is -0.144. The molecule has 0 aliphatic carbocycles. The van der Waals surface area contributed by atoms with Gasteiger partial charge in [-0.15, -0.1) is 0 Å². The molecule has 98 valence electrons. The van der Waals surface area contributed by atoms with Crippen LogP contribution in [0.5, 0.6) is 0 Å². The van der Waals surface area contributed by atoms with E-state index in [4.69, 9.17) is 10.5 Å². The molecule has 6 heteroatoms. The van der Waals surface area contributed by atoms with Crippen LogP contribution in [0, 0.1) is 22.7 Å². The Kier molecular flexibility index (Phi) is 3.78. The lowest BCUT2D eigenvalue weighted by Gasteiger charge is -2.07. The van der Waals surface area contributed by atoms with E-state index in [0.717, 1.165) is 5.56 Å². The zero-order valence-corrected chi connectivity index (χ0v) is 10.8. The molecule has 0 aliphatic rings. The smallest absolute Gasteiger partial charge is 0.221 e. The molecule has 1 heterocycles. The first-order chi connectivity index (χ1) is 9.63. The van der Waals surface area contributed by atoms with Gasteiger partial charge in [0.25, 0.3) is 0 Å². The highest BCUT2D eigenvalue weighted by Crippen LogP contribution is 2.14. The molecule has 0 bridgehead atoms. The standard InChI is InChI=1S/C14H11N5O/c1-10(20)18-12-4-2-3-11(5-12)8-19-9-17-13(6-15)14(19)7-16/h2-5,9H,8H2,1H3,(H,18,20). The summed E-state index contributed by atoms with van der Waals surface area (Å²) in [6.45, 7) is 1.85. The largest absolute Gasteiger partial charge is 0.326 e. The van der Waals surface area contributed by atoms with Crippen molar-refractivity contribution in [3.05, 3.63) is 47.5 Å². The Morgan fingerprint density at radius 2 is 2.20 bits per heavy atom. The average Bonchev–Trinajstić information content (AvgIpc) is 2.80. The van der Waals surface area contributed by atoms with Gasteiger partial charge < -0.3 is 9.88 Å². The number of carbonyl (C=O) groups excluding carboxylic acids is 1. The van der Waals surface area contributed by atoms with Crippen LogP contribution in [0.15, 0.2) is 30.6 Å². The first-order valence-corrected chi connectivity index (χ1v) is 5.86. The second kappa shape index (κ2) is 5.68. The molecule has 0 atom stereocenters. The molecule has 6 nitrogen and oxygen atoms in total. The maximum absolute atomic E-state index is 11.0. The zero-order chi connectivity index (χ0) is 14.5. The van der Waals surface area contributed by atoms with Crippen molar-refractivity contribution in [3.63, 3.8) is 0 Å². The molecule has 0 spiro atoms. The molecular weight excluding hydrogens is 254 g/mol. The summed E-state index contributed by atoms with van der Waals surface area (Å²) in [5.41, 5.74) is 1.94. The first kappa shape index (κ1) is 13.3. The Morgan fingerprint density at radius 1 is 1.40 bits per heavy atom. The van der Waals surface area contributed by atoms with E-state index in [0.29, 0.717) is 12.2 Å². The number of amides is 1. The van der Waals surface area contributed by atoms with Crippen LogP contribution in [-0.2, 0) is 11.3 Å². The van der Waals surface area contributed by atoms with Gasteiger partial charge in [-0.3, -0.25) is 4.79 Å². The molecule has 0 saturated heterocycles. The predicted molar refractivity (Wildman–Crippen MR) is 71.5 cm³/mol. The number of benzene rings is 1. The van der Waals surface area contributed by atoms with E-state index < -0.39 is 0 Å². The molecule has 20 heavy (non-hydrogen) atoms. The molecule has 0 unspecified atom stereocenters. The van der Waals surface area contributed by atoms with Crippen LogP contribution < -0.4 is 5.32 Å². The average molecular weight is 265 g/mol. The third-order valence-corrected chi connectivity index (χ3v) is 2.65. The number of nitriles is 2.